The van der Waals surface area contributed by atoms with Crippen LogP contribution in [0.25, 0.3) is 0 Å². The number of nitrogens with zero attached hydrogens (tertiary/aromatic N) is 2. The van der Waals surface area contributed by atoms with Crippen LogP contribution in [0.15, 0.2) is 47.4 Å². The Morgan fingerprint density at radius 1 is 1.18 bits per heavy atom. The minimum Gasteiger partial charge on any atom is -0.495 e. The molecule has 0 bridgehead atoms. The molecule has 2 aliphatic rings. The molecule has 9 nitrogen and oxygen atoms in total. The maximum Gasteiger partial charge on any atom is 0.243 e. The fraction of sp³-hybridized carbons (Fsp3) is 0.364. The fourth-order valence-corrected chi connectivity index (χ4v) is 5.34. The van der Waals surface area contributed by atoms with Crippen LogP contribution in [-0.4, -0.2) is 64.5 Å². The van der Waals surface area contributed by atoms with Gasteiger partial charge in [-0.3, -0.25) is 9.59 Å². The number of hydrogen-bond donors (Lipinski definition) is 1. The van der Waals surface area contributed by atoms with Crippen molar-refractivity contribution in [1.29, 1.82) is 0 Å². The first kappa shape index (κ1) is 23.1. The zero-order chi connectivity index (χ0) is 23.6. The van der Waals surface area contributed by atoms with Crippen molar-refractivity contribution in [3.63, 3.8) is 0 Å². The smallest absolute Gasteiger partial charge is 0.243 e. The number of halogens is 1. The number of rotatable bonds is 6. The van der Waals surface area contributed by atoms with Crippen LogP contribution in [0.1, 0.15) is 6.42 Å². The Hall–Kier alpha value is -3.02. The van der Waals surface area contributed by atoms with Crippen molar-refractivity contribution in [3.8, 4) is 5.75 Å². The van der Waals surface area contributed by atoms with E-state index in [-0.39, 0.29) is 54.0 Å². The van der Waals surface area contributed by atoms with Gasteiger partial charge in [-0.1, -0.05) is 12.1 Å². The molecule has 2 aliphatic heterocycles. The Balaban J connectivity index is 1.53. The van der Waals surface area contributed by atoms with E-state index in [1.165, 1.54) is 52.7 Å². The predicted octanol–water partition coefficient (Wildman–Crippen LogP) is 1.85. The normalized spacial score (nSPS) is 19.5. The van der Waals surface area contributed by atoms with E-state index in [4.69, 9.17) is 9.47 Å². The standard InChI is InChI=1S/C22H24FN3O6S/c1-31-20-7-6-16(33(29,30)25-8-10-32-11-9-25)13-18(20)24-22(28)15-12-21(27)26(14-15)19-5-3-2-4-17(19)23/h2-7,13,15H,8-12,14H2,1H3,(H,24,28). The van der Waals surface area contributed by atoms with Gasteiger partial charge in [0.15, 0.2) is 0 Å². The lowest BCUT2D eigenvalue weighted by atomic mass is 10.1. The number of para-hydroxylation sites is 1. The van der Waals surface area contributed by atoms with Crippen LogP contribution >= 0.6 is 0 Å². The zero-order valence-corrected chi connectivity index (χ0v) is 18.8. The molecule has 2 amide bonds. The van der Waals surface area contributed by atoms with Gasteiger partial charge >= 0.3 is 0 Å². The molecule has 176 valence electrons. The lowest BCUT2D eigenvalue weighted by molar-refractivity contribution is -0.122. The van der Waals surface area contributed by atoms with Crippen LogP contribution in [0.2, 0.25) is 0 Å². The van der Waals surface area contributed by atoms with Crippen LogP contribution in [0.4, 0.5) is 15.8 Å². The van der Waals surface area contributed by atoms with E-state index in [1.807, 2.05) is 0 Å². The quantitative estimate of drug-likeness (QED) is 0.681. The molecule has 0 aromatic heterocycles. The Kier molecular flexibility index (Phi) is 6.63. The van der Waals surface area contributed by atoms with Gasteiger partial charge < -0.3 is 19.7 Å². The molecule has 0 spiro atoms. The van der Waals surface area contributed by atoms with Crippen LogP contribution in [0.3, 0.4) is 0 Å². The molecule has 2 heterocycles. The first-order chi connectivity index (χ1) is 15.8. The van der Waals surface area contributed by atoms with E-state index in [0.29, 0.717) is 13.2 Å². The molecular formula is C22H24FN3O6S. The van der Waals surface area contributed by atoms with E-state index in [9.17, 15) is 22.4 Å². The highest BCUT2D eigenvalue weighted by Crippen LogP contribution is 2.32. The molecule has 2 aromatic rings. The van der Waals surface area contributed by atoms with Crippen molar-refractivity contribution < 1.29 is 31.9 Å². The largest absolute Gasteiger partial charge is 0.495 e. The first-order valence-electron chi connectivity index (χ1n) is 10.4. The van der Waals surface area contributed by atoms with Crippen LogP contribution < -0.4 is 15.0 Å². The van der Waals surface area contributed by atoms with Gasteiger partial charge in [0.05, 0.1) is 42.5 Å². The van der Waals surface area contributed by atoms with Gasteiger partial charge in [-0.05, 0) is 30.3 Å². The summed E-state index contributed by atoms with van der Waals surface area (Å²) in [5, 5.41) is 2.68. The molecular weight excluding hydrogens is 453 g/mol. The third kappa shape index (κ3) is 4.70. The number of nitrogens with one attached hydrogen (secondary N) is 1. The summed E-state index contributed by atoms with van der Waals surface area (Å²) in [7, 11) is -2.38. The van der Waals surface area contributed by atoms with Gasteiger partial charge in [-0.2, -0.15) is 4.31 Å². The maximum atomic E-state index is 14.1. The molecule has 1 N–H and O–H groups in total. The van der Waals surface area contributed by atoms with Crippen molar-refractivity contribution in [2.45, 2.75) is 11.3 Å². The molecule has 0 saturated carbocycles. The summed E-state index contributed by atoms with van der Waals surface area (Å²) >= 11 is 0. The number of carbonyl (C=O) groups is 2. The number of benzene rings is 2. The van der Waals surface area contributed by atoms with Crippen molar-refractivity contribution in [2.24, 2.45) is 5.92 Å². The van der Waals surface area contributed by atoms with Crippen LogP contribution in [0.5, 0.6) is 5.75 Å². The number of carbonyl (C=O) groups excluding carboxylic acids is 2. The summed E-state index contributed by atoms with van der Waals surface area (Å²) in [6.07, 6.45) is -0.0890. The third-order valence-corrected chi connectivity index (χ3v) is 7.57. The monoisotopic (exact) mass is 477 g/mol. The zero-order valence-electron chi connectivity index (χ0n) is 18.0. The molecule has 11 heteroatoms. The lowest BCUT2D eigenvalue weighted by Gasteiger charge is -2.26. The van der Waals surface area contributed by atoms with Crippen molar-refractivity contribution in [1.82, 2.24) is 4.31 Å². The lowest BCUT2D eigenvalue weighted by Crippen LogP contribution is -2.40. The van der Waals surface area contributed by atoms with E-state index in [1.54, 1.807) is 6.07 Å². The van der Waals surface area contributed by atoms with Crippen molar-refractivity contribution >= 4 is 33.2 Å². The van der Waals surface area contributed by atoms with E-state index in [0.717, 1.165) is 0 Å². The number of ether oxygens (including phenoxy) is 2. The molecule has 4 rings (SSSR count). The second-order valence-corrected chi connectivity index (χ2v) is 9.66. The van der Waals surface area contributed by atoms with Gasteiger partial charge in [0, 0.05) is 26.1 Å². The Morgan fingerprint density at radius 2 is 1.91 bits per heavy atom. The van der Waals surface area contributed by atoms with Crippen LogP contribution in [0, 0.1) is 11.7 Å². The van der Waals surface area contributed by atoms with Crippen molar-refractivity contribution in [2.75, 3.05) is 50.2 Å². The Morgan fingerprint density at radius 3 is 2.61 bits per heavy atom. The fourth-order valence-electron chi connectivity index (χ4n) is 3.90. The SMILES string of the molecule is COc1ccc(S(=O)(=O)N2CCOCC2)cc1NC(=O)C1CC(=O)N(c2ccccc2F)C1. The summed E-state index contributed by atoms with van der Waals surface area (Å²) in [6.45, 7) is 1.12. The number of morpholine rings is 1. The number of methoxy groups -OCH3 is 1. The maximum absolute atomic E-state index is 14.1. The number of sulfonamides is 1. The van der Waals surface area contributed by atoms with E-state index < -0.39 is 27.7 Å². The highest BCUT2D eigenvalue weighted by molar-refractivity contribution is 7.89. The van der Waals surface area contributed by atoms with Crippen LogP contribution in [-0.2, 0) is 24.3 Å². The molecule has 33 heavy (non-hydrogen) atoms. The van der Waals surface area contributed by atoms with Crippen molar-refractivity contribution in [3.05, 3.63) is 48.3 Å². The van der Waals surface area contributed by atoms with E-state index >= 15 is 0 Å². The van der Waals surface area contributed by atoms with E-state index in [2.05, 4.69) is 5.32 Å². The third-order valence-electron chi connectivity index (χ3n) is 5.68. The number of anilines is 2. The highest BCUT2D eigenvalue weighted by atomic mass is 32.2. The van der Waals surface area contributed by atoms with Gasteiger partial charge in [-0.15, -0.1) is 0 Å². The summed E-state index contributed by atoms with van der Waals surface area (Å²) < 4.78 is 51.9. The molecule has 0 aliphatic carbocycles. The Labute approximate surface area is 191 Å². The van der Waals surface area contributed by atoms with Gasteiger partial charge in [0.1, 0.15) is 11.6 Å². The summed E-state index contributed by atoms with van der Waals surface area (Å²) in [5.74, 6) is -1.85. The summed E-state index contributed by atoms with van der Waals surface area (Å²) in [6, 6.07) is 10.1. The average molecular weight is 478 g/mol. The minimum absolute atomic E-state index is 0.0102. The summed E-state index contributed by atoms with van der Waals surface area (Å²) in [4.78, 5) is 26.6. The molecule has 1 atom stereocenters. The van der Waals surface area contributed by atoms with Gasteiger partial charge in [0.2, 0.25) is 21.8 Å². The second kappa shape index (κ2) is 9.46. The predicted molar refractivity (Wildman–Crippen MR) is 118 cm³/mol. The summed E-state index contributed by atoms with van der Waals surface area (Å²) in [5.41, 5.74) is 0.294. The molecule has 0 radical (unpaired) electrons. The molecule has 1 unspecified atom stereocenters. The molecule has 2 saturated heterocycles. The topological polar surface area (TPSA) is 105 Å². The molecule has 2 aromatic carbocycles. The average Bonchev–Trinajstić information content (AvgIpc) is 3.21. The minimum atomic E-state index is -3.78. The highest BCUT2D eigenvalue weighted by Gasteiger charge is 2.36. The number of amides is 2. The Bertz CT molecular complexity index is 1170. The number of hydrogen-bond acceptors (Lipinski definition) is 6. The molecule has 2 fully saturated rings. The van der Waals surface area contributed by atoms with Gasteiger partial charge in [-0.25, -0.2) is 12.8 Å². The van der Waals surface area contributed by atoms with Gasteiger partial charge in [0.25, 0.3) is 0 Å². The first-order valence-corrected chi connectivity index (χ1v) is 11.9. The second-order valence-electron chi connectivity index (χ2n) is 7.72.